The summed E-state index contributed by atoms with van der Waals surface area (Å²) in [7, 11) is 2.66. The quantitative estimate of drug-likeness (QED) is 0.593. The highest BCUT2D eigenvalue weighted by molar-refractivity contribution is 5.95. The summed E-state index contributed by atoms with van der Waals surface area (Å²) in [5.74, 6) is -1.11. The van der Waals surface area contributed by atoms with Crippen molar-refractivity contribution in [3.63, 3.8) is 0 Å². The van der Waals surface area contributed by atoms with Crippen LogP contribution >= 0.6 is 0 Å². The van der Waals surface area contributed by atoms with Crippen LogP contribution in [0.4, 0.5) is 14.6 Å². The van der Waals surface area contributed by atoms with Gasteiger partial charge in [0.15, 0.2) is 23.1 Å². The number of pyridine rings is 2. The van der Waals surface area contributed by atoms with E-state index in [-0.39, 0.29) is 28.2 Å². The normalized spacial score (nSPS) is 15.6. The summed E-state index contributed by atoms with van der Waals surface area (Å²) >= 11 is 0. The Morgan fingerprint density at radius 2 is 1.70 bits per heavy atom. The van der Waals surface area contributed by atoms with Crippen molar-refractivity contribution >= 4 is 16.6 Å². The fourth-order valence-corrected chi connectivity index (χ4v) is 4.01. The predicted octanol–water partition coefficient (Wildman–Crippen LogP) is 5.14. The zero-order valence-corrected chi connectivity index (χ0v) is 17.8. The maximum absolute atomic E-state index is 15.1. The summed E-state index contributed by atoms with van der Waals surface area (Å²) in [6.45, 7) is 7.96. The first-order chi connectivity index (χ1) is 14.2. The second-order valence-corrected chi connectivity index (χ2v) is 8.50. The topological polar surface area (TPSA) is 47.5 Å². The first-order valence-corrected chi connectivity index (χ1v) is 9.87. The van der Waals surface area contributed by atoms with E-state index in [1.165, 1.54) is 20.3 Å². The van der Waals surface area contributed by atoms with E-state index < -0.39 is 11.6 Å². The molecule has 0 atom stereocenters. The Kier molecular flexibility index (Phi) is 5.00. The first-order valence-electron chi connectivity index (χ1n) is 9.87. The van der Waals surface area contributed by atoms with Crippen molar-refractivity contribution in [2.24, 2.45) is 5.41 Å². The molecule has 1 saturated heterocycles. The van der Waals surface area contributed by atoms with Gasteiger partial charge in [0.25, 0.3) is 0 Å². The molecule has 0 bridgehead atoms. The Hall–Kier alpha value is -2.96. The molecule has 1 fully saturated rings. The molecule has 0 spiro atoms. The number of hydrogen-bond acceptors (Lipinski definition) is 5. The standard InChI is InChI=1S/C23H25F2N3O2/c1-13-8-15-14(11-26-13)9-16(27-22(15)28-7-6-23(2,3)12-28)19-20(24)17(29-4)10-18(30-5)21(19)25/h8-11H,6-7,12H2,1-5H3. The van der Waals surface area contributed by atoms with E-state index in [2.05, 4.69) is 23.7 Å². The van der Waals surface area contributed by atoms with Crippen LogP contribution in [0.25, 0.3) is 22.0 Å². The Morgan fingerprint density at radius 1 is 1.03 bits per heavy atom. The largest absolute Gasteiger partial charge is 0.494 e. The molecule has 0 radical (unpaired) electrons. The van der Waals surface area contributed by atoms with Crippen molar-refractivity contribution in [2.75, 3.05) is 32.2 Å². The lowest BCUT2D eigenvalue weighted by molar-refractivity contribution is 0.359. The van der Waals surface area contributed by atoms with Gasteiger partial charge in [0.05, 0.1) is 25.5 Å². The van der Waals surface area contributed by atoms with Gasteiger partial charge in [-0.05, 0) is 30.9 Å². The summed E-state index contributed by atoms with van der Waals surface area (Å²) < 4.78 is 40.5. The van der Waals surface area contributed by atoms with Crippen molar-refractivity contribution in [3.8, 4) is 22.8 Å². The molecule has 0 aliphatic carbocycles. The Balaban J connectivity index is 1.99. The van der Waals surface area contributed by atoms with Crippen molar-refractivity contribution in [3.05, 3.63) is 41.7 Å². The second kappa shape index (κ2) is 7.38. The van der Waals surface area contributed by atoms with E-state index in [1.807, 2.05) is 13.0 Å². The van der Waals surface area contributed by atoms with Crippen molar-refractivity contribution in [2.45, 2.75) is 27.2 Å². The molecule has 4 rings (SSSR count). The van der Waals surface area contributed by atoms with Gasteiger partial charge in [0.2, 0.25) is 0 Å². The number of methoxy groups -OCH3 is 2. The number of anilines is 1. The van der Waals surface area contributed by atoms with Crippen LogP contribution in [0.2, 0.25) is 0 Å². The van der Waals surface area contributed by atoms with Gasteiger partial charge in [-0.3, -0.25) is 4.98 Å². The number of fused-ring (bicyclic) bond motifs is 1. The van der Waals surface area contributed by atoms with Crippen LogP contribution < -0.4 is 14.4 Å². The number of benzene rings is 1. The van der Waals surface area contributed by atoms with Gasteiger partial charge in [0.1, 0.15) is 5.82 Å². The van der Waals surface area contributed by atoms with Crippen molar-refractivity contribution < 1.29 is 18.3 Å². The minimum absolute atomic E-state index is 0.101. The van der Waals surface area contributed by atoms with E-state index >= 15 is 8.78 Å². The third kappa shape index (κ3) is 3.42. The van der Waals surface area contributed by atoms with E-state index in [9.17, 15) is 0 Å². The molecular formula is C23H25F2N3O2. The van der Waals surface area contributed by atoms with Gasteiger partial charge in [-0.25, -0.2) is 13.8 Å². The van der Waals surface area contributed by atoms with Crippen molar-refractivity contribution in [1.29, 1.82) is 0 Å². The number of rotatable bonds is 4. The molecule has 3 heterocycles. The van der Waals surface area contributed by atoms with Gasteiger partial charge in [-0.1, -0.05) is 13.8 Å². The minimum atomic E-state index is -0.810. The Labute approximate surface area is 174 Å². The molecule has 0 saturated carbocycles. The van der Waals surface area contributed by atoms with E-state index in [4.69, 9.17) is 14.5 Å². The molecule has 0 unspecified atom stereocenters. The molecule has 3 aromatic rings. The van der Waals surface area contributed by atoms with E-state index in [0.717, 1.165) is 36.0 Å². The zero-order valence-electron chi connectivity index (χ0n) is 17.8. The molecule has 158 valence electrons. The Bertz CT molecular complexity index is 1100. The number of aryl methyl sites for hydroxylation is 1. The van der Waals surface area contributed by atoms with Crippen LogP contribution in [0, 0.1) is 24.0 Å². The molecule has 1 aromatic carbocycles. The molecule has 1 aliphatic heterocycles. The van der Waals surface area contributed by atoms with Crippen molar-refractivity contribution in [1.82, 2.24) is 9.97 Å². The number of nitrogens with zero attached hydrogens (tertiary/aromatic N) is 3. The first kappa shape index (κ1) is 20.3. The van der Waals surface area contributed by atoms with Crippen LogP contribution in [0.3, 0.4) is 0 Å². The van der Waals surface area contributed by atoms with Gasteiger partial charge in [-0.2, -0.15) is 0 Å². The highest BCUT2D eigenvalue weighted by Crippen LogP contribution is 2.41. The van der Waals surface area contributed by atoms with Gasteiger partial charge >= 0.3 is 0 Å². The molecule has 2 aromatic heterocycles. The third-order valence-corrected chi connectivity index (χ3v) is 5.64. The predicted molar refractivity (Wildman–Crippen MR) is 113 cm³/mol. The lowest BCUT2D eigenvalue weighted by Gasteiger charge is -2.23. The average molecular weight is 413 g/mol. The third-order valence-electron chi connectivity index (χ3n) is 5.64. The summed E-state index contributed by atoms with van der Waals surface area (Å²) in [6, 6.07) is 4.82. The van der Waals surface area contributed by atoms with E-state index in [1.54, 1.807) is 12.3 Å². The summed E-state index contributed by atoms with van der Waals surface area (Å²) in [4.78, 5) is 11.3. The number of ether oxygens (including phenoxy) is 2. The summed E-state index contributed by atoms with van der Waals surface area (Å²) in [5, 5.41) is 1.69. The fraction of sp³-hybridized carbons (Fsp3) is 0.391. The summed E-state index contributed by atoms with van der Waals surface area (Å²) in [5.41, 5.74) is 0.910. The molecule has 30 heavy (non-hydrogen) atoms. The van der Waals surface area contributed by atoms with E-state index in [0.29, 0.717) is 5.82 Å². The van der Waals surface area contributed by atoms with Crippen LogP contribution in [0.1, 0.15) is 26.0 Å². The van der Waals surface area contributed by atoms with Crippen LogP contribution in [-0.4, -0.2) is 37.3 Å². The maximum Gasteiger partial charge on any atom is 0.177 e. The van der Waals surface area contributed by atoms with Gasteiger partial charge in [0, 0.05) is 41.8 Å². The van der Waals surface area contributed by atoms with Gasteiger partial charge < -0.3 is 14.4 Å². The monoisotopic (exact) mass is 413 g/mol. The molecule has 0 N–H and O–H groups in total. The average Bonchev–Trinajstić information content (AvgIpc) is 3.07. The van der Waals surface area contributed by atoms with Crippen LogP contribution in [0.5, 0.6) is 11.5 Å². The SMILES string of the molecule is COc1cc(OC)c(F)c(-c2cc3cnc(C)cc3c(N3CCC(C)(C)C3)n2)c1F. The molecule has 1 aliphatic rings. The molecule has 7 heteroatoms. The van der Waals surface area contributed by atoms with Gasteiger partial charge in [-0.15, -0.1) is 0 Å². The lowest BCUT2D eigenvalue weighted by Crippen LogP contribution is -2.24. The fourth-order valence-electron chi connectivity index (χ4n) is 4.01. The Morgan fingerprint density at radius 3 is 2.27 bits per heavy atom. The minimum Gasteiger partial charge on any atom is -0.494 e. The molecular weight excluding hydrogens is 388 g/mol. The number of hydrogen-bond donors (Lipinski definition) is 0. The smallest absolute Gasteiger partial charge is 0.177 e. The number of halogens is 2. The zero-order chi connectivity index (χ0) is 21.6. The molecule has 5 nitrogen and oxygen atoms in total. The highest BCUT2D eigenvalue weighted by Gasteiger charge is 2.32. The number of aromatic nitrogens is 2. The molecule has 0 amide bonds. The lowest BCUT2D eigenvalue weighted by atomic mass is 9.93. The summed E-state index contributed by atoms with van der Waals surface area (Å²) in [6.07, 6.45) is 2.73. The highest BCUT2D eigenvalue weighted by atomic mass is 19.1. The van der Waals surface area contributed by atoms with Crippen LogP contribution in [-0.2, 0) is 0 Å². The maximum atomic E-state index is 15.1. The van der Waals surface area contributed by atoms with Crippen LogP contribution in [0.15, 0.2) is 24.4 Å². The second-order valence-electron chi connectivity index (χ2n) is 8.50.